The number of carbonyl (C=O) groups excluding carboxylic acids is 1. The highest BCUT2D eigenvalue weighted by Gasteiger charge is 2.40. The third kappa shape index (κ3) is 2.41. The molecule has 2 aliphatic rings. The van der Waals surface area contributed by atoms with Crippen LogP contribution < -0.4 is 9.47 Å². The third-order valence-corrected chi connectivity index (χ3v) is 5.31. The number of hydrogen-bond donors (Lipinski definition) is 1. The quantitative estimate of drug-likeness (QED) is 0.933. The number of aromatic amines is 1. The first-order valence-corrected chi connectivity index (χ1v) is 8.31. The van der Waals surface area contributed by atoms with Crippen LogP contribution in [0, 0.1) is 11.8 Å². The van der Waals surface area contributed by atoms with Crippen molar-refractivity contribution in [2.45, 2.75) is 0 Å². The number of nitrogens with zero attached hydrogens (tertiary/aromatic N) is 2. The van der Waals surface area contributed by atoms with E-state index in [4.69, 9.17) is 9.47 Å². The number of likely N-dealkylation sites (tertiary alicyclic amines) is 2. The van der Waals surface area contributed by atoms with Crippen LogP contribution in [0.2, 0.25) is 0 Å². The fourth-order valence-electron chi connectivity index (χ4n) is 4.14. The zero-order valence-corrected chi connectivity index (χ0v) is 14.3. The maximum absolute atomic E-state index is 12.9. The molecule has 0 spiro atoms. The highest BCUT2D eigenvalue weighted by atomic mass is 16.5. The molecular weight excluding hydrogens is 306 g/mol. The molecule has 2 saturated heterocycles. The molecule has 0 unspecified atom stereocenters. The van der Waals surface area contributed by atoms with E-state index in [0.29, 0.717) is 29.0 Å². The molecule has 3 heterocycles. The summed E-state index contributed by atoms with van der Waals surface area (Å²) in [6.07, 6.45) is 0. The average molecular weight is 329 g/mol. The van der Waals surface area contributed by atoms with Gasteiger partial charge in [0.1, 0.15) is 5.69 Å². The van der Waals surface area contributed by atoms with Crippen LogP contribution in [0.15, 0.2) is 18.2 Å². The molecule has 0 bridgehead atoms. The highest BCUT2D eigenvalue weighted by Crippen LogP contribution is 2.34. The number of H-pyrrole nitrogens is 1. The molecule has 0 saturated carbocycles. The summed E-state index contributed by atoms with van der Waals surface area (Å²) in [6.45, 7) is 3.90. The van der Waals surface area contributed by atoms with Gasteiger partial charge in [-0.25, -0.2) is 0 Å². The van der Waals surface area contributed by atoms with Gasteiger partial charge in [-0.2, -0.15) is 0 Å². The Morgan fingerprint density at radius 1 is 1.04 bits per heavy atom. The molecule has 24 heavy (non-hydrogen) atoms. The van der Waals surface area contributed by atoms with E-state index in [2.05, 4.69) is 16.9 Å². The molecule has 2 aliphatic heterocycles. The summed E-state index contributed by atoms with van der Waals surface area (Å²) >= 11 is 0. The maximum atomic E-state index is 12.9. The molecule has 1 amide bonds. The SMILES string of the molecule is COc1cc2cc(C(=O)N3C[C@H]4CN(C)C[C@H]4C3)[nH]c2cc1OC. The number of aromatic nitrogens is 1. The van der Waals surface area contributed by atoms with E-state index in [1.165, 1.54) is 0 Å². The van der Waals surface area contributed by atoms with Gasteiger partial charge >= 0.3 is 0 Å². The van der Waals surface area contributed by atoms with Gasteiger partial charge < -0.3 is 24.3 Å². The average Bonchev–Trinajstić information content (AvgIpc) is 3.24. The first kappa shape index (κ1) is 15.3. The molecule has 4 rings (SSSR count). The van der Waals surface area contributed by atoms with Gasteiger partial charge in [0.25, 0.3) is 5.91 Å². The minimum absolute atomic E-state index is 0.0844. The monoisotopic (exact) mass is 329 g/mol. The molecule has 2 fully saturated rings. The van der Waals surface area contributed by atoms with E-state index in [9.17, 15) is 4.79 Å². The van der Waals surface area contributed by atoms with E-state index in [1.54, 1.807) is 14.2 Å². The summed E-state index contributed by atoms with van der Waals surface area (Å²) in [6, 6.07) is 5.67. The van der Waals surface area contributed by atoms with Gasteiger partial charge in [0, 0.05) is 43.1 Å². The second kappa shape index (κ2) is 5.70. The first-order valence-electron chi connectivity index (χ1n) is 8.31. The van der Waals surface area contributed by atoms with E-state index in [1.807, 2.05) is 23.1 Å². The predicted molar refractivity (Wildman–Crippen MR) is 91.8 cm³/mol. The summed E-state index contributed by atoms with van der Waals surface area (Å²) < 4.78 is 10.7. The van der Waals surface area contributed by atoms with Crippen LogP contribution in [0.4, 0.5) is 0 Å². The topological polar surface area (TPSA) is 57.8 Å². The van der Waals surface area contributed by atoms with Gasteiger partial charge in [0.05, 0.1) is 14.2 Å². The van der Waals surface area contributed by atoms with E-state index >= 15 is 0 Å². The zero-order valence-electron chi connectivity index (χ0n) is 14.3. The second-order valence-electron chi connectivity index (χ2n) is 6.93. The lowest BCUT2D eigenvalue weighted by molar-refractivity contribution is 0.0771. The van der Waals surface area contributed by atoms with Crippen LogP contribution in [-0.2, 0) is 0 Å². The van der Waals surface area contributed by atoms with E-state index in [-0.39, 0.29) is 5.91 Å². The normalized spacial score (nSPS) is 23.7. The summed E-state index contributed by atoms with van der Waals surface area (Å²) in [5.74, 6) is 2.64. The number of methoxy groups -OCH3 is 2. The summed E-state index contributed by atoms with van der Waals surface area (Å²) in [4.78, 5) is 20.4. The Labute approximate surface area is 141 Å². The predicted octanol–water partition coefficient (Wildman–Crippen LogP) is 1.82. The largest absolute Gasteiger partial charge is 0.493 e. The lowest BCUT2D eigenvalue weighted by Gasteiger charge is -2.18. The number of amides is 1. The second-order valence-corrected chi connectivity index (χ2v) is 6.93. The molecule has 6 heteroatoms. The number of carbonyl (C=O) groups is 1. The Bertz CT molecular complexity index is 730. The lowest BCUT2D eigenvalue weighted by Crippen LogP contribution is -2.32. The van der Waals surface area contributed by atoms with Crippen molar-refractivity contribution in [3.63, 3.8) is 0 Å². The molecule has 128 valence electrons. The van der Waals surface area contributed by atoms with Crippen molar-refractivity contribution in [3.8, 4) is 11.5 Å². The standard InChI is InChI=1S/C18H23N3O3/c1-20-7-12-9-21(10-13(12)8-20)18(22)15-4-11-5-16(23-2)17(24-3)6-14(11)19-15/h4-6,12-13,19H,7-10H2,1-3H3/t12-,13+. The fourth-order valence-corrected chi connectivity index (χ4v) is 4.14. The van der Waals surface area contributed by atoms with Crippen molar-refractivity contribution in [1.82, 2.24) is 14.8 Å². The summed E-state index contributed by atoms with van der Waals surface area (Å²) in [5, 5.41) is 0.954. The van der Waals surface area contributed by atoms with Crippen LogP contribution in [0.1, 0.15) is 10.5 Å². The molecule has 1 N–H and O–H groups in total. The summed E-state index contributed by atoms with van der Waals surface area (Å²) in [7, 11) is 5.38. The highest BCUT2D eigenvalue weighted by molar-refractivity contribution is 5.98. The van der Waals surface area contributed by atoms with Crippen molar-refractivity contribution in [1.29, 1.82) is 0 Å². The van der Waals surface area contributed by atoms with Crippen molar-refractivity contribution >= 4 is 16.8 Å². The van der Waals surface area contributed by atoms with Crippen LogP contribution in [0.25, 0.3) is 10.9 Å². The smallest absolute Gasteiger partial charge is 0.270 e. The third-order valence-electron chi connectivity index (χ3n) is 5.31. The van der Waals surface area contributed by atoms with Gasteiger partial charge in [-0.1, -0.05) is 0 Å². The Hall–Kier alpha value is -2.21. The Balaban J connectivity index is 1.59. The molecule has 1 aromatic carbocycles. The number of fused-ring (bicyclic) bond motifs is 2. The number of ether oxygens (including phenoxy) is 2. The molecule has 0 radical (unpaired) electrons. The van der Waals surface area contributed by atoms with Crippen molar-refractivity contribution < 1.29 is 14.3 Å². The van der Waals surface area contributed by atoms with Gasteiger partial charge in [-0.05, 0) is 31.0 Å². The molecule has 2 aromatic rings. The lowest BCUT2D eigenvalue weighted by atomic mass is 10.0. The van der Waals surface area contributed by atoms with Gasteiger partial charge in [0.15, 0.2) is 11.5 Å². The maximum Gasteiger partial charge on any atom is 0.270 e. The van der Waals surface area contributed by atoms with Crippen LogP contribution in [0.5, 0.6) is 11.5 Å². The van der Waals surface area contributed by atoms with Crippen LogP contribution >= 0.6 is 0 Å². The van der Waals surface area contributed by atoms with Crippen molar-refractivity contribution in [2.75, 3.05) is 47.4 Å². The first-order chi connectivity index (χ1) is 11.6. The Morgan fingerprint density at radius 3 is 2.29 bits per heavy atom. The van der Waals surface area contributed by atoms with Crippen molar-refractivity contribution in [2.24, 2.45) is 11.8 Å². The molecule has 0 aliphatic carbocycles. The van der Waals surface area contributed by atoms with E-state index in [0.717, 1.165) is 37.1 Å². The van der Waals surface area contributed by atoms with E-state index < -0.39 is 0 Å². The molecule has 6 nitrogen and oxygen atoms in total. The van der Waals surface area contributed by atoms with Crippen LogP contribution in [-0.4, -0.2) is 68.1 Å². The zero-order chi connectivity index (χ0) is 16.8. The van der Waals surface area contributed by atoms with Crippen LogP contribution in [0.3, 0.4) is 0 Å². The molecular formula is C18H23N3O3. The fraction of sp³-hybridized carbons (Fsp3) is 0.500. The Kier molecular flexibility index (Phi) is 3.64. The van der Waals surface area contributed by atoms with Gasteiger partial charge in [0.2, 0.25) is 0 Å². The van der Waals surface area contributed by atoms with Gasteiger partial charge in [-0.15, -0.1) is 0 Å². The minimum Gasteiger partial charge on any atom is -0.493 e. The molecule has 1 aromatic heterocycles. The number of nitrogens with one attached hydrogen (secondary N) is 1. The molecule has 2 atom stereocenters. The van der Waals surface area contributed by atoms with Gasteiger partial charge in [-0.3, -0.25) is 4.79 Å². The number of rotatable bonds is 3. The van der Waals surface area contributed by atoms with Crippen molar-refractivity contribution in [3.05, 3.63) is 23.9 Å². The number of benzene rings is 1. The summed E-state index contributed by atoms with van der Waals surface area (Å²) in [5.41, 5.74) is 1.52. The number of hydrogen-bond acceptors (Lipinski definition) is 4. The minimum atomic E-state index is 0.0844. The Morgan fingerprint density at radius 2 is 1.67 bits per heavy atom.